The van der Waals surface area contributed by atoms with Crippen LogP contribution in [0.5, 0.6) is 0 Å². The maximum absolute atomic E-state index is 13.7. The van der Waals surface area contributed by atoms with Gasteiger partial charge in [0.2, 0.25) is 0 Å². The molecule has 4 heteroatoms. The minimum atomic E-state index is -0.534. The third kappa shape index (κ3) is 3.15. The third-order valence-electron chi connectivity index (χ3n) is 3.06. The standard InChI is InChI=1S/C15H16F2N2/c1-10(14-8-3-4-9-18-14)19-11(2)15-12(16)6-5-7-13(15)17/h3-11,19H,1-2H3/t10-,11?/m0/s1. The molecule has 0 aliphatic rings. The van der Waals surface area contributed by atoms with Crippen LogP contribution in [0.25, 0.3) is 0 Å². The summed E-state index contributed by atoms with van der Waals surface area (Å²) in [7, 11) is 0. The molecule has 2 atom stereocenters. The van der Waals surface area contributed by atoms with E-state index in [1.54, 1.807) is 13.1 Å². The van der Waals surface area contributed by atoms with Crippen LogP contribution in [-0.4, -0.2) is 4.98 Å². The van der Waals surface area contributed by atoms with Gasteiger partial charge in [0, 0.05) is 23.8 Å². The van der Waals surface area contributed by atoms with Crippen LogP contribution < -0.4 is 5.32 Å². The van der Waals surface area contributed by atoms with Crippen molar-refractivity contribution in [2.24, 2.45) is 0 Å². The Morgan fingerprint density at radius 2 is 1.63 bits per heavy atom. The van der Waals surface area contributed by atoms with Gasteiger partial charge in [-0.3, -0.25) is 4.98 Å². The third-order valence-corrected chi connectivity index (χ3v) is 3.06. The molecule has 1 aromatic carbocycles. The Balaban J connectivity index is 2.15. The number of nitrogens with zero attached hydrogens (tertiary/aromatic N) is 1. The fourth-order valence-corrected chi connectivity index (χ4v) is 2.10. The highest BCUT2D eigenvalue weighted by molar-refractivity contribution is 5.23. The second-order valence-corrected chi connectivity index (χ2v) is 4.50. The van der Waals surface area contributed by atoms with Gasteiger partial charge in [-0.25, -0.2) is 8.78 Å². The van der Waals surface area contributed by atoms with Crippen LogP contribution in [0.15, 0.2) is 42.6 Å². The van der Waals surface area contributed by atoms with Gasteiger partial charge in [-0.1, -0.05) is 12.1 Å². The maximum atomic E-state index is 13.7. The fourth-order valence-electron chi connectivity index (χ4n) is 2.10. The van der Waals surface area contributed by atoms with E-state index >= 15 is 0 Å². The highest BCUT2D eigenvalue weighted by Crippen LogP contribution is 2.23. The van der Waals surface area contributed by atoms with Crippen molar-refractivity contribution in [1.29, 1.82) is 0 Å². The minimum absolute atomic E-state index is 0.0604. The predicted molar refractivity (Wildman–Crippen MR) is 70.6 cm³/mol. The Morgan fingerprint density at radius 1 is 0.947 bits per heavy atom. The van der Waals surface area contributed by atoms with Gasteiger partial charge in [-0.2, -0.15) is 0 Å². The molecule has 1 heterocycles. The number of aromatic nitrogens is 1. The van der Waals surface area contributed by atoms with E-state index in [-0.39, 0.29) is 11.6 Å². The summed E-state index contributed by atoms with van der Waals surface area (Å²) in [4.78, 5) is 4.22. The first-order chi connectivity index (χ1) is 9.09. The molecule has 0 aliphatic carbocycles. The summed E-state index contributed by atoms with van der Waals surface area (Å²) < 4.78 is 27.3. The lowest BCUT2D eigenvalue weighted by molar-refractivity contribution is 0.445. The summed E-state index contributed by atoms with van der Waals surface area (Å²) in [5.41, 5.74) is 0.899. The quantitative estimate of drug-likeness (QED) is 0.907. The van der Waals surface area contributed by atoms with Crippen molar-refractivity contribution in [1.82, 2.24) is 10.3 Å². The second-order valence-electron chi connectivity index (χ2n) is 4.50. The maximum Gasteiger partial charge on any atom is 0.130 e. The number of halogens is 2. The molecule has 0 saturated heterocycles. The lowest BCUT2D eigenvalue weighted by Crippen LogP contribution is -2.24. The second kappa shape index (κ2) is 5.89. The van der Waals surface area contributed by atoms with Crippen molar-refractivity contribution in [2.45, 2.75) is 25.9 Å². The van der Waals surface area contributed by atoms with Crippen LogP contribution in [0, 0.1) is 11.6 Å². The molecule has 2 nitrogen and oxygen atoms in total. The fraction of sp³-hybridized carbons (Fsp3) is 0.267. The minimum Gasteiger partial charge on any atom is -0.302 e. The van der Waals surface area contributed by atoms with E-state index in [2.05, 4.69) is 10.3 Å². The van der Waals surface area contributed by atoms with Gasteiger partial charge in [0.15, 0.2) is 0 Å². The molecule has 0 saturated carbocycles. The molecule has 0 radical (unpaired) electrons. The summed E-state index contributed by atoms with van der Waals surface area (Å²) in [6.45, 7) is 3.65. The van der Waals surface area contributed by atoms with Gasteiger partial charge in [0.05, 0.1) is 5.69 Å². The predicted octanol–water partition coefficient (Wildman–Crippen LogP) is 3.77. The molecule has 0 amide bonds. The van der Waals surface area contributed by atoms with Crippen LogP contribution in [0.2, 0.25) is 0 Å². The first-order valence-electron chi connectivity index (χ1n) is 6.20. The zero-order valence-corrected chi connectivity index (χ0v) is 10.9. The summed E-state index contributed by atoms with van der Waals surface area (Å²) in [5.74, 6) is -1.07. The van der Waals surface area contributed by atoms with Crippen LogP contribution in [-0.2, 0) is 0 Å². The van der Waals surface area contributed by atoms with Gasteiger partial charge in [0.25, 0.3) is 0 Å². The zero-order valence-electron chi connectivity index (χ0n) is 10.9. The van der Waals surface area contributed by atoms with Gasteiger partial charge in [-0.05, 0) is 38.1 Å². The summed E-state index contributed by atoms with van der Waals surface area (Å²) in [6, 6.07) is 8.97. The van der Waals surface area contributed by atoms with Crippen LogP contribution in [0.1, 0.15) is 37.2 Å². The largest absolute Gasteiger partial charge is 0.302 e. The molecular formula is C15H16F2N2. The molecule has 19 heavy (non-hydrogen) atoms. The Bertz CT molecular complexity index is 523. The summed E-state index contributed by atoms with van der Waals surface area (Å²) in [6.07, 6.45) is 1.70. The van der Waals surface area contributed by atoms with Crippen molar-refractivity contribution in [3.05, 3.63) is 65.5 Å². The van der Waals surface area contributed by atoms with Crippen molar-refractivity contribution >= 4 is 0 Å². The lowest BCUT2D eigenvalue weighted by atomic mass is 10.1. The molecule has 1 aromatic heterocycles. The Hall–Kier alpha value is -1.81. The van der Waals surface area contributed by atoms with Crippen molar-refractivity contribution in [2.75, 3.05) is 0 Å². The number of benzene rings is 1. The van der Waals surface area contributed by atoms with E-state index in [0.29, 0.717) is 0 Å². The molecule has 0 spiro atoms. The van der Waals surface area contributed by atoms with Crippen molar-refractivity contribution < 1.29 is 8.78 Å². The molecule has 100 valence electrons. The van der Waals surface area contributed by atoms with E-state index in [9.17, 15) is 8.78 Å². The smallest absolute Gasteiger partial charge is 0.130 e. The highest BCUT2D eigenvalue weighted by Gasteiger charge is 2.18. The zero-order chi connectivity index (χ0) is 13.8. The van der Waals surface area contributed by atoms with Crippen LogP contribution in [0.3, 0.4) is 0 Å². The number of rotatable bonds is 4. The Kier molecular flexibility index (Phi) is 4.22. The molecule has 1 N–H and O–H groups in total. The van der Waals surface area contributed by atoms with Gasteiger partial charge >= 0.3 is 0 Å². The van der Waals surface area contributed by atoms with E-state index in [0.717, 1.165) is 5.69 Å². The van der Waals surface area contributed by atoms with E-state index in [1.807, 2.05) is 25.1 Å². The van der Waals surface area contributed by atoms with E-state index in [4.69, 9.17) is 0 Å². The number of nitrogens with one attached hydrogen (secondary N) is 1. The number of hydrogen-bond acceptors (Lipinski definition) is 2. The van der Waals surface area contributed by atoms with Gasteiger partial charge < -0.3 is 5.32 Å². The van der Waals surface area contributed by atoms with Crippen LogP contribution in [0.4, 0.5) is 8.78 Å². The van der Waals surface area contributed by atoms with Crippen molar-refractivity contribution in [3.8, 4) is 0 Å². The monoisotopic (exact) mass is 262 g/mol. The van der Waals surface area contributed by atoms with Gasteiger partial charge in [0.1, 0.15) is 11.6 Å². The molecule has 2 aromatic rings. The topological polar surface area (TPSA) is 24.9 Å². The highest BCUT2D eigenvalue weighted by atomic mass is 19.1. The number of hydrogen-bond donors (Lipinski definition) is 1. The van der Waals surface area contributed by atoms with Crippen molar-refractivity contribution in [3.63, 3.8) is 0 Å². The average Bonchev–Trinajstić information content (AvgIpc) is 2.39. The Morgan fingerprint density at radius 3 is 2.21 bits per heavy atom. The van der Waals surface area contributed by atoms with Crippen LogP contribution >= 0.6 is 0 Å². The normalized spacial score (nSPS) is 14.1. The first-order valence-corrected chi connectivity index (χ1v) is 6.20. The molecule has 2 rings (SSSR count). The molecule has 0 fully saturated rings. The number of pyridine rings is 1. The van der Waals surface area contributed by atoms with E-state index < -0.39 is 17.7 Å². The first kappa shape index (κ1) is 13.6. The molecule has 0 aliphatic heterocycles. The average molecular weight is 262 g/mol. The van der Waals surface area contributed by atoms with E-state index in [1.165, 1.54) is 18.2 Å². The molecule has 0 bridgehead atoms. The summed E-state index contributed by atoms with van der Waals surface area (Å²) in [5, 5.41) is 3.15. The SMILES string of the molecule is CC(N[C@@H](C)c1ccccn1)c1c(F)cccc1F. The lowest BCUT2D eigenvalue weighted by Gasteiger charge is -2.20. The summed E-state index contributed by atoms with van der Waals surface area (Å²) >= 11 is 0. The van der Waals surface area contributed by atoms with Gasteiger partial charge in [-0.15, -0.1) is 0 Å². The Labute approximate surface area is 111 Å². The molecular weight excluding hydrogens is 246 g/mol. The molecule has 1 unspecified atom stereocenters.